The number of halogens is 3. The molecule has 0 unspecified atom stereocenters. The maximum Gasteiger partial charge on any atom is 0.416 e. The number of ether oxygens (including phenoxy) is 1. The van der Waals surface area contributed by atoms with E-state index < -0.39 is 23.1 Å². The summed E-state index contributed by atoms with van der Waals surface area (Å²) in [6, 6.07) is 20.0. The van der Waals surface area contributed by atoms with Crippen LogP contribution in [-0.2, 0) is 28.7 Å². The molecule has 3 aromatic carbocycles. The number of nitrogens with zero attached hydrogens (tertiary/aromatic N) is 4. The topological polar surface area (TPSA) is 65.5 Å². The van der Waals surface area contributed by atoms with Gasteiger partial charge in [-0.15, -0.1) is 0 Å². The second-order valence-electron chi connectivity index (χ2n) is 11.0. The summed E-state index contributed by atoms with van der Waals surface area (Å²) in [5.74, 6) is -0.753. The number of amides is 1. The summed E-state index contributed by atoms with van der Waals surface area (Å²) in [6.45, 7) is 6.26. The summed E-state index contributed by atoms with van der Waals surface area (Å²) in [6.07, 6.45) is -4.39. The molecular weight excluding hydrogens is 545 g/mol. The van der Waals surface area contributed by atoms with Crippen molar-refractivity contribution in [3.63, 3.8) is 0 Å². The molecule has 7 nitrogen and oxygen atoms in total. The molecule has 0 radical (unpaired) electrons. The minimum absolute atomic E-state index is 0.109. The predicted molar refractivity (Wildman–Crippen MR) is 153 cm³/mol. The number of hydrazone groups is 1. The lowest BCUT2D eigenvalue weighted by atomic mass is 9.67. The van der Waals surface area contributed by atoms with Crippen LogP contribution in [-0.4, -0.2) is 54.8 Å². The highest BCUT2D eigenvalue weighted by atomic mass is 19.4. The first-order valence-electron chi connectivity index (χ1n) is 14.0. The fourth-order valence-electron chi connectivity index (χ4n) is 6.48. The Hall–Kier alpha value is -4.18. The summed E-state index contributed by atoms with van der Waals surface area (Å²) >= 11 is 0. The van der Waals surface area contributed by atoms with Crippen molar-refractivity contribution in [1.29, 1.82) is 0 Å². The lowest BCUT2D eigenvalue weighted by Crippen LogP contribution is -2.66. The van der Waals surface area contributed by atoms with E-state index in [1.165, 1.54) is 11.1 Å². The monoisotopic (exact) mass is 576 g/mol. The Bertz CT molecular complexity index is 1540. The van der Waals surface area contributed by atoms with Crippen LogP contribution in [0.2, 0.25) is 0 Å². The van der Waals surface area contributed by atoms with Crippen LogP contribution < -0.4 is 9.91 Å². The molecule has 1 spiro atoms. The van der Waals surface area contributed by atoms with E-state index in [1.54, 1.807) is 44.2 Å². The standard InChI is InChI=1S/C32H31F3N4O3/c1-3-42-29(40)23-9-12-26(13-10-23)39-30(41)31(21(2)36-39)18-24-17-25(32(33,34)35)11-14-27(24)38-16-15-37(20-28(31)38)19-22-7-5-4-6-8-22/h4-14,17,28H,3,15-16,18-20H2,1-2H3/t28-,31+/m0/s1. The zero-order chi connectivity index (χ0) is 29.6. The second kappa shape index (κ2) is 10.6. The molecule has 0 aliphatic carbocycles. The highest BCUT2D eigenvalue weighted by Gasteiger charge is 2.60. The number of carbonyl (C=O) groups excluding carboxylic acids is 2. The van der Waals surface area contributed by atoms with Gasteiger partial charge in [0.25, 0.3) is 5.91 Å². The maximum atomic E-state index is 14.5. The van der Waals surface area contributed by atoms with E-state index in [1.807, 2.05) is 18.2 Å². The molecule has 3 aliphatic rings. The normalized spacial score (nSPS) is 22.2. The van der Waals surface area contributed by atoms with E-state index in [0.717, 1.165) is 17.3 Å². The predicted octanol–water partition coefficient (Wildman–Crippen LogP) is 5.54. The third-order valence-electron chi connectivity index (χ3n) is 8.56. The first kappa shape index (κ1) is 28.0. The molecule has 0 N–H and O–H groups in total. The highest BCUT2D eigenvalue weighted by molar-refractivity contribution is 6.20. The Labute approximate surface area is 242 Å². The van der Waals surface area contributed by atoms with Gasteiger partial charge in [0.05, 0.1) is 35.2 Å². The Morgan fingerprint density at radius 3 is 2.48 bits per heavy atom. The first-order chi connectivity index (χ1) is 20.1. The van der Waals surface area contributed by atoms with E-state index in [4.69, 9.17) is 4.74 Å². The number of fused-ring (bicyclic) bond motifs is 4. The summed E-state index contributed by atoms with van der Waals surface area (Å²) in [7, 11) is 0. The molecule has 218 valence electrons. The molecular formula is C32H31F3N4O3. The Balaban J connectivity index is 1.38. The number of benzene rings is 3. The van der Waals surface area contributed by atoms with Crippen LogP contribution in [0.5, 0.6) is 0 Å². The molecule has 0 aromatic heterocycles. The van der Waals surface area contributed by atoms with Crippen molar-refractivity contribution < 1.29 is 27.5 Å². The number of esters is 1. The number of anilines is 2. The molecule has 3 heterocycles. The van der Waals surface area contributed by atoms with Crippen molar-refractivity contribution in [1.82, 2.24) is 4.90 Å². The highest BCUT2D eigenvalue weighted by Crippen LogP contribution is 2.49. The maximum absolute atomic E-state index is 14.5. The van der Waals surface area contributed by atoms with Crippen LogP contribution in [0.4, 0.5) is 24.5 Å². The molecule has 42 heavy (non-hydrogen) atoms. The molecule has 1 fully saturated rings. The van der Waals surface area contributed by atoms with Gasteiger partial charge in [-0.1, -0.05) is 30.3 Å². The first-order valence-corrected chi connectivity index (χ1v) is 14.0. The van der Waals surface area contributed by atoms with Crippen LogP contribution in [0, 0.1) is 5.41 Å². The van der Waals surface area contributed by atoms with Gasteiger partial charge in [-0.3, -0.25) is 9.69 Å². The van der Waals surface area contributed by atoms with Gasteiger partial charge in [0.1, 0.15) is 5.41 Å². The van der Waals surface area contributed by atoms with Crippen LogP contribution in [0.25, 0.3) is 0 Å². The third-order valence-corrected chi connectivity index (χ3v) is 8.56. The minimum atomic E-state index is -4.50. The van der Waals surface area contributed by atoms with Crippen molar-refractivity contribution in [3.05, 3.63) is 95.1 Å². The zero-order valence-corrected chi connectivity index (χ0v) is 23.4. The van der Waals surface area contributed by atoms with Gasteiger partial charge in [-0.2, -0.15) is 23.3 Å². The fraction of sp³-hybridized carbons (Fsp3) is 0.344. The minimum Gasteiger partial charge on any atom is -0.462 e. The molecule has 2 atom stereocenters. The Kier molecular flexibility index (Phi) is 7.04. The Morgan fingerprint density at radius 1 is 1.05 bits per heavy atom. The Morgan fingerprint density at radius 2 is 1.79 bits per heavy atom. The average molecular weight is 577 g/mol. The van der Waals surface area contributed by atoms with E-state index in [9.17, 15) is 22.8 Å². The number of hydrogen-bond donors (Lipinski definition) is 0. The van der Waals surface area contributed by atoms with Crippen molar-refractivity contribution >= 4 is 29.0 Å². The van der Waals surface area contributed by atoms with Gasteiger partial charge in [0.2, 0.25) is 0 Å². The number of piperazine rings is 1. The molecule has 1 saturated heterocycles. The van der Waals surface area contributed by atoms with Gasteiger partial charge >= 0.3 is 12.1 Å². The summed E-state index contributed by atoms with van der Waals surface area (Å²) < 4.78 is 46.3. The number of hydrogen-bond acceptors (Lipinski definition) is 6. The average Bonchev–Trinajstić information content (AvgIpc) is 3.22. The number of carbonyl (C=O) groups is 2. The lowest BCUT2D eigenvalue weighted by molar-refractivity contribution is -0.137. The second-order valence-corrected chi connectivity index (χ2v) is 11.0. The van der Waals surface area contributed by atoms with E-state index >= 15 is 0 Å². The SMILES string of the molecule is CCOC(=O)c1ccc(N2N=C(C)[C@@]3(Cc4cc(C(F)(F)F)ccc4N4CCN(Cc5ccccc5)C[C@H]43)C2=O)cc1. The molecule has 10 heteroatoms. The van der Waals surface area contributed by atoms with Gasteiger partial charge in [-0.25, -0.2) is 4.79 Å². The molecule has 3 aliphatic heterocycles. The van der Waals surface area contributed by atoms with E-state index in [2.05, 4.69) is 27.0 Å². The molecule has 0 bridgehead atoms. The van der Waals surface area contributed by atoms with Crippen molar-refractivity contribution in [2.75, 3.05) is 36.1 Å². The summed E-state index contributed by atoms with van der Waals surface area (Å²) in [5.41, 5.74) is 1.86. The zero-order valence-electron chi connectivity index (χ0n) is 23.4. The summed E-state index contributed by atoms with van der Waals surface area (Å²) in [4.78, 5) is 31.0. The van der Waals surface area contributed by atoms with Crippen LogP contribution in [0.3, 0.4) is 0 Å². The van der Waals surface area contributed by atoms with Gasteiger partial charge in [0, 0.05) is 31.9 Å². The van der Waals surface area contributed by atoms with Crippen molar-refractivity contribution in [2.24, 2.45) is 10.5 Å². The fourth-order valence-corrected chi connectivity index (χ4v) is 6.48. The van der Waals surface area contributed by atoms with Crippen LogP contribution in [0.1, 0.15) is 40.9 Å². The van der Waals surface area contributed by atoms with Crippen molar-refractivity contribution in [3.8, 4) is 0 Å². The van der Waals surface area contributed by atoms with Gasteiger partial charge in [-0.05, 0) is 73.9 Å². The van der Waals surface area contributed by atoms with Crippen LogP contribution >= 0.6 is 0 Å². The van der Waals surface area contributed by atoms with E-state index in [0.29, 0.717) is 48.7 Å². The lowest BCUT2D eigenvalue weighted by Gasteiger charge is -2.53. The molecule has 6 rings (SSSR count). The molecule has 3 aromatic rings. The third kappa shape index (κ3) is 4.73. The number of alkyl halides is 3. The smallest absolute Gasteiger partial charge is 0.416 e. The van der Waals surface area contributed by atoms with Crippen molar-refractivity contribution in [2.45, 2.75) is 39.0 Å². The van der Waals surface area contributed by atoms with Gasteiger partial charge < -0.3 is 9.64 Å². The van der Waals surface area contributed by atoms with Crippen LogP contribution in [0.15, 0.2) is 77.9 Å². The molecule has 1 amide bonds. The molecule has 0 saturated carbocycles. The largest absolute Gasteiger partial charge is 0.462 e. The quantitative estimate of drug-likeness (QED) is 0.374. The number of rotatable bonds is 5. The summed E-state index contributed by atoms with van der Waals surface area (Å²) in [5, 5.41) is 6.02. The van der Waals surface area contributed by atoms with Gasteiger partial charge in [0.15, 0.2) is 0 Å². The van der Waals surface area contributed by atoms with E-state index in [-0.39, 0.29) is 25.0 Å².